The number of ether oxygens (including phenoxy) is 1. The van der Waals surface area contributed by atoms with Gasteiger partial charge >= 0.3 is 6.09 Å². The fourth-order valence-electron chi connectivity index (χ4n) is 5.24. The molecule has 0 unspecified atom stereocenters. The molecule has 4 saturated carbocycles. The van der Waals surface area contributed by atoms with Crippen molar-refractivity contribution in [2.45, 2.75) is 50.7 Å². The zero-order valence-electron chi connectivity index (χ0n) is 12.4. The Morgan fingerprint density at radius 2 is 1.62 bits per heavy atom. The van der Waals surface area contributed by atoms with Crippen LogP contribution in [0.15, 0.2) is 30.3 Å². The zero-order valence-corrected chi connectivity index (χ0v) is 12.4. The first-order chi connectivity index (χ1) is 10.2. The van der Waals surface area contributed by atoms with Gasteiger partial charge in [0, 0.05) is 5.54 Å². The molecule has 0 aromatic heterocycles. The third-order valence-corrected chi connectivity index (χ3v) is 5.62. The van der Waals surface area contributed by atoms with Gasteiger partial charge in [0.15, 0.2) is 0 Å². The van der Waals surface area contributed by atoms with E-state index in [1.54, 1.807) is 0 Å². The summed E-state index contributed by atoms with van der Waals surface area (Å²) in [6.45, 7) is 0.360. The highest BCUT2D eigenvalue weighted by Gasteiger charge is 2.51. The van der Waals surface area contributed by atoms with Crippen molar-refractivity contribution in [3.63, 3.8) is 0 Å². The minimum atomic E-state index is -0.235. The molecule has 4 fully saturated rings. The number of benzene rings is 1. The average molecular weight is 285 g/mol. The summed E-state index contributed by atoms with van der Waals surface area (Å²) in [6.07, 6.45) is 7.43. The summed E-state index contributed by atoms with van der Waals surface area (Å²) in [5.41, 5.74) is 1.08. The van der Waals surface area contributed by atoms with Crippen molar-refractivity contribution in [1.29, 1.82) is 0 Å². The minimum Gasteiger partial charge on any atom is -0.445 e. The Bertz CT molecular complexity index is 490. The number of amides is 1. The van der Waals surface area contributed by atoms with Gasteiger partial charge in [0.25, 0.3) is 0 Å². The highest BCUT2D eigenvalue weighted by molar-refractivity contribution is 5.68. The first kappa shape index (κ1) is 13.2. The summed E-state index contributed by atoms with van der Waals surface area (Å²) in [4.78, 5) is 12.2. The molecule has 5 rings (SSSR count). The van der Waals surface area contributed by atoms with Gasteiger partial charge in [0.2, 0.25) is 0 Å². The van der Waals surface area contributed by atoms with Crippen molar-refractivity contribution in [3.8, 4) is 0 Å². The fourth-order valence-corrected chi connectivity index (χ4v) is 5.24. The van der Waals surface area contributed by atoms with E-state index in [-0.39, 0.29) is 11.6 Å². The maximum absolute atomic E-state index is 12.2. The molecule has 1 aromatic rings. The SMILES string of the molecule is O=C(NC12CC3CC(CC(C3)C1)C2)OCc1ccccc1. The topological polar surface area (TPSA) is 38.3 Å². The maximum atomic E-state index is 12.2. The van der Waals surface area contributed by atoms with Gasteiger partial charge in [-0.3, -0.25) is 0 Å². The number of nitrogens with one attached hydrogen (secondary N) is 1. The molecule has 3 nitrogen and oxygen atoms in total. The predicted molar refractivity (Wildman–Crippen MR) is 80.7 cm³/mol. The molecular formula is C18H23NO2. The predicted octanol–water partition coefficient (Wildman–Crippen LogP) is 3.88. The second-order valence-corrected chi connectivity index (χ2v) is 7.38. The molecule has 0 atom stereocenters. The van der Waals surface area contributed by atoms with Gasteiger partial charge in [-0.05, 0) is 61.8 Å². The lowest BCUT2D eigenvalue weighted by molar-refractivity contribution is -0.0195. The summed E-state index contributed by atoms with van der Waals surface area (Å²) in [5.74, 6) is 2.52. The third kappa shape index (κ3) is 2.66. The van der Waals surface area contributed by atoms with Gasteiger partial charge in [-0.2, -0.15) is 0 Å². The van der Waals surface area contributed by atoms with Gasteiger partial charge in [0.1, 0.15) is 6.61 Å². The van der Waals surface area contributed by atoms with E-state index in [0.29, 0.717) is 6.61 Å². The van der Waals surface area contributed by atoms with E-state index in [1.165, 1.54) is 38.5 Å². The molecule has 21 heavy (non-hydrogen) atoms. The largest absolute Gasteiger partial charge is 0.445 e. The van der Waals surface area contributed by atoms with Crippen molar-refractivity contribution in [3.05, 3.63) is 35.9 Å². The molecule has 1 N–H and O–H groups in total. The van der Waals surface area contributed by atoms with Crippen molar-refractivity contribution in [2.24, 2.45) is 17.8 Å². The molecule has 0 spiro atoms. The molecule has 4 aliphatic carbocycles. The van der Waals surface area contributed by atoms with Crippen LogP contribution >= 0.6 is 0 Å². The van der Waals surface area contributed by atoms with Gasteiger partial charge in [-0.15, -0.1) is 0 Å². The fraction of sp³-hybridized carbons (Fsp3) is 0.611. The number of alkyl carbamates (subject to hydrolysis) is 1. The van der Waals surface area contributed by atoms with E-state index < -0.39 is 0 Å². The molecule has 1 amide bonds. The molecule has 0 radical (unpaired) electrons. The number of rotatable bonds is 3. The summed E-state index contributed by atoms with van der Waals surface area (Å²) in [5, 5.41) is 3.23. The van der Waals surface area contributed by atoms with Crippen LogP contribution in [0.2, 0.25) is 0 Å². The van der Waals surface area contributed by atoms with Crippen LogP contribution < -0.4 is 5.32 Å². The molecule has 112 valence electrons. The normalized spacial score (nSPS) is 36.5. The molecule has 4 bridgehead atoms. The Hall–Kier alpha value is -1.51. The highest BCUT2D eigenvalue weighted by Crippen LogP contribution is 2.55. The molecule has 0 heterocycles. The van der Waals surface area contributed by atoms with Crippen molar-refractivity contribution >= 4 is 6.09 Å². The lowest BCUT2D eigenvalue weighted by atomic mass is 9.53. The lowest BCUT2D eigenvalue weighted by Crippen LogP contribution is -2.59. The van der Waals surface area contributed by atoms with Crippen LogP contribution in [-0.2, 0) is 11.3 Å². The van der Waals surface area contributed by atoms with Crippen LogP contribution in [0.5, 0.6) is 0 Å². The van der Waals surface area contributed by atoms with Crippen LogP contribution in [0.1, 0.15) is 44.1 Å². The molecule has 0 aliphatic heterocycles. The van der Waals surface area contributed by atoms with Gasteiger partial charge in [0.05, 0.1) is 0 Å². The Morgan fingerprint density at radius 3 is 2.19 bits per heavy atom. The number of hydrogen-bond acceptors (Lipinski definition) is 2. The summed E-state index contributed by atoms with van der Waals surface area (Å²) >= 11 is 0. The number of carbonyl (C=O) groups is 1. The van der Waals surface area contributed by atoms with E-state index in [9.17, 15) is 4.79 Å². The van der Waals surface area contributed by atoms with Crippen LogP contribution in [0, 0.1) is 17.8 Å². The summed E-state index contributed by atoms with van der Waals surface area (Å²) in [7, 11) is 0. The number of carbonyl (C=O) groups excluding carboxylic acids is 1. The van der Waals surface area contributed by atoms with Gasteiger partial charge in [-0.1, -0.05) is 30.3 Å². The average Bonchev–Trinajstić information content (AvgIpc) is 2.44. The van der Waals surface area contributed by atoms with Crippen LogP contribution in [0.25, 0.3) is 0 Å². The summed E-state index contributed by atoms with van der Waals surface area (Å²) < 4.78 is 5.42. The van der Waals surface area contributed by atoms with Crippen molar-refractivity contribution in [1.82, 2.24) is 5.32 Å². The maximum Gasteiger partial charge on any atom is 0.407 e. The first-order valence-electron chi connectivity index (χ1n) is 8.20. The minimum absolute atomic E-state index is 0.0442. The van der Waals surface area contributed by atoms with Gasteiger partial charge in [-0.25, -0.2) is 4.79 Å². The van der Waals surface area contributed by atoms with Crippen LogP contribution in [0.3, 0.4) is 0 Å². The Balaban J connectivity index is 1.36. The smallest absolute Gasteiger partial charge is 0.407 e. The molecular weight excluding hydrogens is 262 g/mol. The second-order valence-electron chi connectivity index (χ2n) is 7.38. The summed E-state index contributed by atoms with van der Waals surface area (Å²) in [6, 6.07) is 9.88. The zero-order chi connectivity index (χ0) is 14.3. The molecule has 0 saturated heterocycles. The van der Waals surface area contributed by atoms with E-state index in [4.69, 9.17) is 4.74 Å². The monoisotopic (exact) mass is 285 g/mol. The van der Waals surface area contributed by atoms with E-state index >= 15 is 0 Å². The van der Waals surface area contributed by atoms with Gasteiger partial charge < -0.3 is 10.1 Å². The van der Waals surface area contributed by atoms with E-state index in [1.807, 2.05) is 30.3 Å². The van der Waals surface area contributed by atoms with E-state index in [0.717, 1.165) is 23.3 Å². The lowest BCUT2D eigenvalue weighted by Gasteiger charge is -2.56. The third-order valence-electron chi connectivity index (χ3n) is 5.62. The Labute approximate surface area is 126 Å². The quantitative estimate of drug-likeness (QED) is 0.915. The highest BCUT2D eigenvalue weighted by atomic mass is 16.5. The van der Waals surface area contributed by atoms with E-state index in [2.05, 4.69) is 5.32 Å². The molecule has 4 aliphatic rings. The van der Waals surface area contributed by atoms with Crippen molar-refractivity contribution in [2.75, 3.05) is 0 Å². The first-order valence-corrected chi connectivity index (χ1v) is 8.20. The molecule has 3 heteroatoms. The van der Waals surface area contributed by atoms with Crippen LogP contribution in [0.4, 0.5) is 4.79 Å². The number of hydrogen-bond donors (Lipinski definition) is 1. The Morgan fingerprint density at radius 1 is 1.05 bits per heavy atom. The standard InChI is InChI=1S/C18H23NO2/c20-17(21-12-13-4-2-1-3-5-13)19-18-9-14-6-15(10-18)8-16(7-14)11-18/h1-5,14-16H,6-12H2,(H,19,20). The van der Waals surface area contributed by atoms with Crippen molar-refractivity contribution < 1.29 is 9.53 Å². The Kier molecular flexibility index (Phi) is 3.16. The van der Waals surface area contributed by atoms with Crippen LogP contribution in [-0.4, -0.2) is 11.6 Å². The molecule has 1 aromatic carbocycles. The second kappa shape index (κ2) is 5.04.